The first kappa shape index (κ1) is 14.0. The summed E-state index contributed by atoms with van der Waals surface area (Å²) < 4.78 is 7.47. The fourth-order valence-electron chi connectivity index (χ4n) is 2.77. The summed E-state index contributed by atoms with van der Waals surface area (Å²) in [4.78, 5) is 4.61. The summed E-state index contributed by atoms with van der Waals surface area (Å²) in [6.45, 7) is 1.92. The first-order valence-corrected chi connectivity index (χ1v) is 7.52. The van der Waals surface area contributed by atoms with Crippen LogP contribution < -0.4 is 4.74 Å². The minimum absolute atomic E-state index is 0.624. The highest BCUT2D eigenvalue weighted by atomic mass is 35.5. The SMILES string of the molecule is COc1cccc2nc(C)c3nnc(-c4ccccc4Cl)n3c12. The van der Waals surface area contributed by atoms with E-state index in [2.05, 4.69) is 15.2 Å². The van der Waals surface area contributed by atoms with Crippen molar-refractivity contribution in [2.75, 3.05) is 7.11 Å². The molecule has 0 radical (unpaired) electrons. The predicted octanol–water partition coefficient (Wildman–Crippen LogP) is 3.91. The monoisotopic (exact) mass is 324 g/mol. The molecule has 0 aliphatic carbocycles. The van der Waals surface area contributed by atoms with Crippen LogP contribution in [0.25, 0.3) is 28.1 Å². The summed E-state index contributed by atoms with van der Waals surface area (Å²) in [5.74, 6) is 1.39. The molecule has 2 aromatic heterocycles. The molecule has 0 unspecified atom stereocenters. The van der Waals surface area contributed by atoms with Crippen molar-refractivity contribution in [2.24, 2.45) is 0 Å². The van der Waals surface area contributed by atoms with Gasteiger partial charge in [-0.2, -0.15) is 0 Å². The van der Waals surface area contributed by atoms with Crippen molar-refractivity contribution in [1.82, 2.24) is 19.6 Å². The van der Waals surface area contributed by atoms with Crippen LogP contribution in [0.5, 0.6) is 5.75 Å². The van der Waals surface area contributed by atoms with Crippen LogP contribution in [0.3, 0.4) is 0 Å². The van der Waals surface area contributed by atoms with Crippen LogP contribution in [0.15, 0.2) is 42.5 Å². The topological polar surface area (TPSA) is 52.3 Å². The first-order chi connectivity index (χ1) is 11.2. The van der Waals surface area contributed by atoms with Crippen molar-refractivity contribution in [1.29, 1.82) is 0 Å². The number of ether oxygens (including phenoxy) is 1. The summed E-state index contributed by atoms with van der Waals surface area (Å²) in [5.41, 5.74) is 3.96. The largest absolute Gasteiger partial charge is 0.494 e. The van der Waals surface area contributed by atoms with E-state index in [4.69, 9.17) is 16.3 Å². The van der Waals surface area contributed by atoms with Crippen molar-refractivity contribution >= 4 is 28.3 Å². The Balaban J connectivity index is 2.22. The Morgan fingerprint density at radius 2 is 1.87 bits per heavy atom. The number of aromatic nitrogens is 4. The summed E-state index contributed by atoms with van der Waals surface area (Å²) in [6, 6.07) is 13.3. The van der Waals surface area contributed by atoms with E-state index in [1.807, 2.05) is 53.8 Å². The van der Waals surface area contributed by atoms with E-state index in [9.17, 15) is 0 Å². The third-order valence-corrected chi connectivity index (χ3v) is 4.14. The molecule has 23 heavy (non-hydrogen) atoms. The number of para-hydroxylation sites is 1. The zero-order chi connectivity index (χ0) is 16.0. The highest BCUT2D eigenvalue weighted by molar-refractivity contribution is 6.33. The number of hydrogen-bond donors (Lipinski definition) is 0. The zero-order valence-electron chi connectivity index (χ0n) is 12.6. The van der Waals surface area contributed by atoms with E-state index in [0.29, 0.717) is 22.2 Å². The molecule has 0 aliphatic heterocycles. The zero-order valence-corrected chi connectivity index (χ0v) is 13.4. The van der Waals surface area contributed by atoms with Gasteiger partial charge in [-0.15, -0.1) is 10.2 Å². The molecular weight excluding hydrogens is 312 g/mol. The Bertz CT molecular complexity index is 1040. The maximum absolute atomic E-state index is 6.35. The van der Waals surface area contributed by atoms with Crippen molar-refractivity contribution in [2.45, 2.75) is 6.92 Å². The van der Waals surface area contributed by atoms with Gasteiger partial charge in [0.05, 0.1) is 23.3 Å². The van der Waals surface area contributed by atoms with E-state index >= 15 is 0 Å². The Kier molecular flexibility index (Phi) is 3.16. The van der Waals surface area contributed by atoms with Crippen molar-refractivity contribution in [3.63, 3.8) is 0 Å². The number of halogens is 1. The van der Waals surface area contributed by atoms with Gasteiger partial charge in [0.2, 0.25) is 0 Å². The van der Waals surface area contributed by atoms with E-state index in [1.165, 1.54) is 0 Å². The average Bonchev–Trinajstić information content (AvgIpc) is 3.00. The number of benzene rings is 2. The molecule has 5 nitrogen and oxygen atoms in total. The molecule has 0 atom stereocenters. The van der Waals surface area contributed by atoms with Crippen LogP contribution >= 0.6 is 11.6 Å². The van der Waals surface area contributed by atoms with E-state index < -0.39 is 0 Å². The molecule has 0 aliphatic rings. The van der Waals surface area contributed by atoms with Crippen LogP contribution in [0, 0.1) is 6.92 Å². The van der Waals surface area contributed by atoms with Gasteiger partial charge in [-0.05, 0) is 31.2 Å². The van der Waals surface area contributed by atoms with Crippen LogP contribution in [0.2, 0.25) is 5.02 Å². The lowest BCUT2D eigenvalue weighted by atomic mass is 10.2. The third kappa shape index (κ3) is 2.04. The van der Waals surface area contributed by atoms with Crippen molar-refractivity contribution in [3.05, 3.63) is 53.2 Å². The minimum Gasteiger partial charge on any atom is -0.494 e. The smallest absolute Gasteiger partial charge is 0.183 e. The standard InChI is InChI=1S/C17H13ClN4O/c1-10-16-20-21-17(11-6-3-4-7-12(11)18)22(16)15-13(19-10)8-5-9-14(15)23-2/h3-9H,1-2H3. The highest BCUT2D eigenvalue weighted by Gasteiger charge is 2.18. The average molecular weight is 325 g/mol. The van der Waals surface area contributed by atoms with Crippen LogP contribution in [0.1, 0.15) is 5.69 Å². The molecule has 0 N–H and O–H groups in total. The van der Waals surface area contributed by atoms with Gasteiger partial charge in [0.1, 0.15) is 11.3 Å². The van der Waals surface area contributed by atoms with Gasteiger partial charge in [0, 0.05) is 5.56 Å². The van der Waals surface area contributed by atoms with E-state index in [-0.39, 0.29) is 0 Å². The van der Waals surface area contributed by atoms with Crippen LogP contribution in [0.4, 0.5) is 0 Å². The highest BCUT2D eigenvalue weighted by Crippen LogP contribution is 2.32. The molecule has 4 rings (SSSR count). The number of aryl methyl sites for hydroxylation is 1. The summed E-state index contributed by atoms with van der Waals surface area (Å²) >= 11 is 6.35. The molecule has 0 amide bonds. The normalized spacial score (nSPS) is 11.3. The maximum atomic E-state index is 6.35. The molecule has 0 saturated heterocycles. The number of rotatable bonds is 2. The van der Waals surface area contributed by atoms with Crippen molar-refractivity contribution < 1.29 is 4.74 Å². The second kappa shape index (κ2) is 5.21. The Morgan fingerprint density at radius 3 is 2.65 bits per heavy atom. The van der Waals surface area contributed by atoms with Gasteiger partial charge in [-0.3, -0.25) is 4.40 Å². The molecule has 0 saturated carbocycles. The quantitative estimate of drug-likeness (QED) is 0.561. The van der Waals surface area contributed by atoms with E-state index in [1.54, 1.807) is 7.11 Å². The lowest BCUT2D eigenvalue weighted by molar-refractivity contribution is 0.418. The molecule has 0 bridgehead atoms. The molecule has 0 spiro atoms. The molecule has 4 aromatic rings. The first-order valence-electron chi connectivity index (χ1n) is 7.14. The molecule has 6 heteroatoms. The predicted molar refractivity (Wildman–Crippen MR) is 90.0 cm³/mol. The molecule has 114 valence electrons. The number of nitrogens with zero attached hydrogens (tertiary/aromatic N) is 4. The van der Waals surface area contributed by atoms with Crippen LogP contribution in [-0.4, -0.2) is 26.7 Å². The van der Waals surface area contributed by atoms with Gasteiger partial charge in [-0.25, -0.2) is 4.98 Å². The maximum Gasteiger partial charge on any atom is 0.183 e. The number of hydrogen-bond acceptors (Lipinski definition) is 4. The van der Waals surface area contributed by atoms with Gasteiger partial charge >= 0.3 is 0 Å². The summed E-state index contributed by atoms with van der Waals surface area (Å²) in [6.07, 6.45) is 0. The van der Waals surface area contributed by atoms with Crippen molar-refractivity contribution in [3.8, 4) is 17.1 Å². The Labute approximate surface area is 137 Å². The molecular formula is C17H13ClN4O. The lowest BCUT2D eigenvalue weighted by Crippen LogP contribution is -2.00. The number of methoxy groups -OCH3 is 1. The second-order valence-electron chi connectivity index (χ2n) is 5.19. The number of fused-ring (bicyclic) bond motifs is 3. The fraction of sp³-hybridized carbons (Fsp3) is 0.118. The Hall–Kier alpha value is -2.66. The van der Waals surface area contributed by atoms with Gasteiger partial charge in [0.25, 0.3) is 0 Å². The van der Waals surface area contributed by atoms with Gasteiger partial charge < -0.3 is 4.74 Å². The minimum atomic E-state index is 0.624. The fourth-order valence-corrected chi connectivity index (χ4v) is 2.99. The van der Waals surface area contributed by atoms with Crippen LogP contribution in [-0.2, 0) is 0 Å². The lowest BCUT2D eigenvalue weighted by Gasteiger charge is -2.10. The molecule has 2 heterocycles. The summed E-state index contributed by atoms with van der Waals surface area (Å²) in [7, 11) is 1.64. The Morgan fingerprint density at radius 1 is 1.04 bits per heavy atom. The van der Waals surface area contributed by atoms with Gasteiger partial charge in [0.15, 0.2) is 11.5 Å². The molecule has 2 aromatic carbocycles. The third-order valence-electron chi connectivity index (χ3n) is 3.81. The van der Waals surface area contributed by atoms with E-state index in [0.717, 1.165) is 22.3 Å². The summed E-state index contributed by atoms with van der Waals surface area (Å²) in [5, 5.41) is 9.27. The second-order valence-corrected chi connectivity index (χ2v) is 5.59. The molecule has 0 fully saturated rings. The van der Waals surface area contributed by atoms with Gasteiger partial charge in [-0.1, -0.05) is 29.8 Å².